The van der Waals surface area contributed by atoms with Crippen LogP contribution in [-0.2, 0) is 5.33 Å². The maximum atomic E-state index is 10.8. The summed E-state index contributed by atoms with van der Waals surface area (Å²) in [6, 6.07) is 6.88. The molecule has 0 radical (unpaired) electrons. The number of alkyl halides is 1. The van der Waals surface area contributed by atoms with Crippen LogP contribution in [0.15, 0.2) is 18.2 Å². The molecule has 0 aliphatic carbocycles. The van der Waals surface area contributed by atoms with E-state index >= 15 is 0 Å². The molecule has 13 heavy (non-hydrogen) atoms. The molecule has 0 N–H and O–H groups in total. The van der Waals surface area contributed by atoms with Crippen molar-refractivity contribution in [3.63, 3.8) is 0 Å². The van der Waals surface area contributed by atoms with Gasteiger partial charge in [0, 0.05) is 5.33 Å². The lowest BCUT2D eigenvalue weighted by molar-refractivity contribution is 0.108. The third kappa shape index (κ3) is 2.30. The summed E-state index contributed by atoms with van der Waals surface area (Å²) in [4.78, 5) is 10.8. The zero-order valence-electron chi connectivity index (χ0n) is 6.55. The normalized spacial score (nSPS) is 9.31. The maximum absolute atomic E-state index is 10.8. The number of carbonyl (C=O) groups excluding carboxylic acids is 1. The van der Waals surface area contributed by atoms with Crippen LogP contribution in [0.4, 0.5) is 0 Å². The van der Waals surface area contributed by atoms with Crippen molar-refractivity contribution in [2.24, 2.45) is 0 Å². The Balaban J connectivity index is 3.26. The van der Waals surface area contributed by atoms with Gasteiger partial charge in [-0.1, -0.05) is 22.0 Å². The van der Waals surface area contributed by atoms with E-state index in [2.05, 4.69) is 15.9 Å². The van der Waals surface area contributed by atoms with E-state index in [4.69, 9.17) is 16.9 Å². The smallest absolute Gasteiger partial charge is 0.253 e. The van der Waals surface area contributed by atoms with Crippen LogP contribution in [0.1, 0.15) is 21.5 Å². The number of benzene rings is 1. The van der Waals surface area contributed by atoms with E-state index < -0.39 is 5.24 Å². The first-order chi connectivity index (χ1) is 6.19. The first-order valence-electron chi connectivity index (χ1n) is 3.48. The molecule has 0 aliphatic heterocycles. The molecule has 0 aliphatic rings. The van der Waals surface area contributed by atoms with Gasteiger partial charge in [0.05, 0.1) is 17.2 Å². The lowest BCUT2D eigenvalue weighted by atomic mass is 10.1. The number of nitrogens with zero attached hydrogens (tertiary/aromatic N) is 1. The van der Waals surface area contributed by atoms with E-state index in [-0.39, 0.29) is 5.56 Å². The Morgan fingerprint density at radius 3 is 2.77 bits per heavy atom. The van der Waals surface area contributed by atoms with E-state index in [1.807, 2.05) is 6.07 Å². The Hall–Kier alpha value is -0.850. The van der Waals surface area contributed by atoms with Gasteiger partial charge in [0.2, 0.25) is 0 Å². The molecule has 0 unspecified atom stereocenters. The molecular weight excluding hydrogens is 253 g/mol. The Kier molecular flexibility index (Phi) is 3.47. The molecular formula is C9H5BrClNO. The third-order valence-corrected chi connectivity index (χ3v) is 2.42. The van der Waals surface area contributed by atoms with Crippen molar-refractivity contribution in [1.29, 1.82) is 5.26 Å². The van der Waals surface area contributed by atoms with Crippen LogP contribution in [0.5, 0.6) is 0 Å². The van der Waals surface area contributed by atoms with Crippen molar-refractivity contribution >= 4 is 32.8 Å². The molecule has 0 atom stereocenters. The highest BCUT2D eigenvalue weighted by atomic mass is 79.9. The van der Waals surface area contributed by atoms with Crippen LogP contribution >= 0.6 is 27.5 Å². The molecule has 1 aromatic rings. The molecule has 1 rings (SSSR count). The first-order valence-corrected chi connectivity index (χ1v) is 4.97. The fourth-order valence-corrected chi connectivity index (χ4v) is 1.45. The molecule has 0 amide bonds. The van der Waals surface area contributed by atoms with Gasteiger partial charge in [0.1, 0.15) is 0 Å². The van der Waals surface area contributed by atoms with E-state index in [1.165, 1.54) is 0 Å². The van der Waals surface area contributed by atoms with Crippen LogP contribution in [0.2, 0.25) is 0 Å². The molecule has 4 heteroatoms. The topological polar surface area (TPSA) is 40.9 Å². The van der Waals surface area contributed by atoms with Gasteiger partial charge in [-0.2, -0.15) is 5.26 Å². The summed E-state index contributed by atoms with van der Waals surface area (Å²) < 4.78 is 0. The third-order valence-electron chi connectivity index (χ3n) is 1.57. The van der Waals surface area contributed by atoms with Gasteiger partial charge in [0.25, 0.3) is 5.24 Å². The van der Waals surface area contributed by atoms with Gasteiger partial charge in [0.15, 0.2) is 0 Å². The van der Waals surface area contributed by atoms with E-state index in [1.54, 1.807) is 18.2 Å². The number of hydrogen-bond donors (Lipinski definition) is 0. The van der Waals surface area contributed by atoms with Crippen LogP contribution in [0.25, 0.3) is 0 Å². The number of halogens is 2. The van der Waals surface area contributed by atoms with Gasteiger partial charge in [-0.15, -0.1) is 0 Å². The van der Waals surface area contributed by atoms with Crippen molar-refractivity contribution < 1.29 is 4.79 Å². The fourth-order valence-electron chi connectivity index (χ4n) is 0.938. The Bertz CT molecular complexity index is 384. The fraction of sp³-hybridized carbons (Fsp3) is 0.111. The van der Waals surface area contributed by atoms with Crippen LogP contribution in [-0.4, -0.2) is 5.24 Å². The molecule has 1 aromatic carbocycles. The van der Waals surface area contributed by atoms with E-state index in [0.29, 0.717) is 10.9 Å². The molecule has 0 fully saturated rings. The predicted molar refractivity (Wildman–Crippen MR) is 54.0 cm³/mol. The monoisotopic (exact) mass is 257 g/mol. The Labute approximate surface area is 89.3 Å². The van der Waals surface area contributed by atoms with Gasteiger partial charge in [-0.05, 0) is 29.3 Å². The summed E-state index contributed by atoms with van der Waals surface area (Å²) >= 11 is 8.54. The van der Waals surface area contributed by atoms with Crippen molar-refractivity contribution in [2.45, 2.75) is 5.33 Å². The SMILES string of the molecule is N#Cc1cc(CBr)ccc1C(=O)Cl. The number of nitriles is 1. The molecule has 66 valence electrons. The highest BCUT2D eigenvalue weighted by Gasteiger charge is 2.08. The summed E-state index contributed by atoms with van der Waals surface area (Å²) in [6.07, 6.45) is 0. The number of hydrogen-bond acceptors (Lipinski definition) is 2. The average molecular weight is 259 g/mol. The van der Waals surface area contributed by atoms with E-state index in [0.717, 1.165) is 5.56 Å². The minimum Gasteiger partial charge on any atom is -0.276 e. The average Bonchev–Trinajstić information content (AvgIpc) is 2.16. The predicted octanol–water partition coefficient (Wildman–Crippen LogP) is 2.83. The van der Waals surface area contributed by atoms with E-state index in [9.17, 15) is 4.79 Å². The molecule has 2 nitrogen and oxygen atoms in total. The van der Waals surface area contributed by atoms with Gasteiger partial charge in [-0.3, -0.25) is 4.79 Å². The zero-order valence-corrected chi connectivity index (χ0v) is 8.89. The highest BCUT2D eigenvalue weighted by molar-refractivity contribution is 9.08. The minimum atomic E-state index is -0.599. The van der Waals surface area contributed by atoms with Gasteiger partial charge >= 0.3 is 0 Å². The van der Waals surface area contributed by atoms with Crippen molar-refractivity contribution in [2.75, 3.05) is 0 Å². The molecule has 0 aromatic heterocycles. The Morgan fingerprint density at radius 1 is 1.62 bits per heavy atom. The maximum Gasteiger partial charge on any atom is 0.253 e. The molecule has 0 saturated heterocycles. The van der Waals surface area contributed by atoms with Crippen LogP contribution in [0, 0.1) is 11.3 Å². The van der Waals surface area contributed by atoms with Gasteiger partial charge in [-0.25, -0.2) is 0 Å². The van der Waals surface area contributed by atoms with Crippen LogP contribution < -0.4 is 0 Å². The summed E-state index contributed by atoms with van der Waals surface area (Å²) in [5, 5.41) is 8.76. The molecule has 0 heterocycles. The van der Waals surface area contributed by atoms with Crippen LogP contribution in [0.3, 0.4) is 0 Å². The lowest BCUT2D eigenvalue weighted by Crippen LogP contribution is -1.94. The minimum absolute atomic E-state index is 0.258. The van der Waals surface area contributed by atoms with Gasteiger partial charge < -0.3 is 0 Å². The number of carbonyl (C=O) groups is 1. The zero-order chi connectivity index (χ0) is 9.84. The Morgan fingerprint density at radius 2 is 2.31 bits per heavy atom. The summed E-state index contributed by atoms with van der Waals surface area (Å²) in [5.41, 5.74) is 1.52. The highest BCUT2D eigenvalue weighted by Crippen LogP contribution is 2.15. The second-order valence-corrected chi connectivity index (χ2v) is 3.30. The quantitative estimate of drug-likeness (QED) is 0.604. The van der Waals surface area contributed by atoms with Crippen molar-refractivity contribution in [1.82, 2.24) is 0 Å². The standard InChI is InChI=1S/C9H5BrClNO/c10-4-6-1-2-8(9(11)13)7(3-6)5-12/h1-3H,4H2. The van der Waals surface area contributed by atoms with Crippen molar-refractivity contribution in [3.8, 4) is 6.07 Å². The molecule has 0 bridgehead atoms. The molecule has 0 spiro atoms. The summed E-state index contributed by atoms with van der Waals surface area (Å²) in [5.74, 6) is 0. The number of rotatable bonds is 2. The summed E-state index contributed by atoms with van der Waals surface area (Å²) in [6.45, 7) is 0. The largest absolute Gasteiger partial charge is 0.276 e. The second-order valence-electron chi connectivity index (χ2n) is 2.40. The van der Waals surface area contributed by atoms with Crippen molar-refractivity contribution in [3.05, 3.63) is 34.9 Å². The first kappa shape index (κ1) is 10.2. The molecule has 0 saturated carbocycles. The summed E-state index contributed by atoms with van der Waals surface area (Å²) in [7, 11) is 0. The lowest BCUT2D eigenvalue weighted by Gasteiger charge is -1.99. The second kappa shape index (κ2) is 4.40.